The molecule has 0 bridgehead atoms. The van der Waals surface area contributed by atoms with Crippen LogP contribution in [0.2, 0.25) is 0 Å². The molecule has 0 fully saturated rings. The minimum absolute atomic E-state index is 0.0911. The van der Waals surface area contributed by atoms with Crippen molar-refractivity contribution < 1.29 is 14.3 Å². The van der Waals surface area contributed by atoms with E-state index in [1.807, 2.05) is 54.6 Å². The summed E-state index contributed by atoms with van der Waals surface area (Å²) in [4.78, 5) is 12.1. The number of hydrogen-bond acceptors (Lipinski definition) is 2. The average Bonchev–Trinajstić information content (AvgIpc) is 2.72. The van der Waals surface area contributed by atoms with Gasteiger partial charge in [-0.05, 0) is 41.7 Å². The van der Waals surface area contributed by atoms with Crippen LogP contribution in [0.1, 0.15) is 24.5 Å². The van der Waals surface area contributed by atoms with Gasteiger partial charge in [-0.2, -0.15) is 0 Å². The van der Waals surface area contributed by atoms with E-state index in [-0.39, 0.29) is 24.7 Å². The summed E-state index contributed by atoms with van der Waals surface area (Å²) >= 11 is 0. The van der Waals surface area contributed by atoms with Gasteiger partial charge in [0.1, 0.15) is 11.4 Å². The number of aryl methyl sites for hydroxylation is 1. The highest BCUT2D eigenvalue weighted by molar-refractivity contribution is 5.76. The summed E-state index contributed by atoms with van der Waals surface area (Å²) < 4.78 is 13.6. The lowest BCUT2D eigenvalue weighted by atomic mass is 9.93. The van der Waals surface area contributed by atoms with Crippen LogP contribution < -0.4 is 5.32 Å². The standard InChI is InChI=1S/C24H24FNO2/c1-24(28,17-26-23(27)16-13-20-9-5-6-10-22(20)25)21-14-11-19(12-15-21)18-7-3-2-4-8-18/h2-12,14-15,28H,13,16-17H2,1H3,(H,26,27)/t24-/m0/s1. The normalized spacial score (nSPS) is 13.0. The largest absolute Gasteiger partial charge is 0.384 e. The molecule has 0 heterocycles. The number of rotatable bonds is 7. The van der Waals surface area contributed by atoms with Crippen molar-refractivity contribution in [2.24, 2.45) is 0 Å². The topological polar surface area (TPSA) is 49.3 Å². The van der Waals surface area contributed by atoms with Crippen LogP contribution >= 0.6 is 0 Å². The van der Waals surface area contributed by atoms with E-state index in [0.717, 1.165) is 16.7 Å². The van der Waals surface area contributed by atoms with Crippen LogP contribution in [0.5, 0.6) is 0 Å². The van der Waals surface area contributed by atoms with Crippen LogP contribution in [0.25, 0.3) is 11.1 Å². The number of halogens is 1. The van der Waals surface area contributed by atoms with Gasteiger partial charge in [0.15, 0.2) is 0 Å². The van der Waals surface area contributed by atoms with E-state index < -0.39 is 5.60 Å². The van der Waals surface area contributed by atoms with Crippen LogP contribution in [-0.4, -0.2) is 17.6 Å². The van der Waals surface area contributed by atoms with Crippen LogP contribution in [0.4, 0.5) is 4.39 Å². The van der Waals surface area contributed by atoms with Gasteiger partial charge in [-0.25, -0.2) is 4.39 Å². The van der Waals surface area contributed by atoms with Crippen molar-refractivity contribution in [3.63, 3.8) is 0 Å². The maximum Gasteiger partial charge on any atom is 0.220 e. The number of hydrogen-bond donors (Lipinski definition) is 2. The van der Waals surface area contributed by atoms with Crippen molar-refractivity contribution in [1.82, 2.24) is 5.32 Å². The molecule has 0 aliphatic rings. The van der Waals surface area contributed by atoms with Crippen molar-refractivity contribution in [2.75, 3.05) is 6.54 Å². The lowest BCUT2D eigenvalue weighted by Crippen LogP contribution is -2.38. The Morgan fingerprint density at radius 2 is 1.54 bits per heavy atom. The molecule has 1 atom stereocenters. The van der Waals surface area contributed by atoms with Gasteiger partial charge in [0.25, 0.3) is 0 Å². The van der Waals surface area contributed by atoms with Crippen molar-refractivity contribution in [2.45, 2.75) is 25.4 Å². The summed E-state index contributed by atoms with van der Waals surface area (Å²) in [7, 11) is 0. The molecule has 0 aromatic heterocycles. The lowest BCUT2D eigenvalue weighted by Gasteiger charge is -2.24. The zero-order valence-electron chi connectivity index (χ0n) is 15.9. The predicted molar refractivity (Wildman–Crippen MR) is 109 cm³/mol. The van der Waals surface area contributed by atoms with Gasteiger partial charge in [-0.1, -0.05) is 72.8 Å². The summed E-state index contributed by atoms with van der Waals surface area (Å²) in [5.74, 6) is -0.523. The minimum Gasteiger partial charge on any atom is -0.384 e. The summed E-state index contributed by atoms with van der Waals surface area (Å²) in [5, 5.41) is 13.5. The van der Waals surface area contributed by atoms with Crippen LogP contribution in [-0.2, 0) is 16.8 Å². The highest BCUT2D eigenvalue weighted by Crippen LogP contribution is 2.24. The van der Waals surface area contributed by atoms with Crippen LogP contribution in [0.15, 0.2) is 78.9 Å². The van der Waals surface area contributed by atoms with Crippen molar-refractivity contribution >= 4 is 5.91 Å². The molecular weight excluding hydrogens is 353 g/mol. The van der Waals surface area contributed by atoms with E-state index in [4.69, 9.17) is 0 Å². The second-order valence-electron chi connectivity index (χ2n) is 7.09. The molecule has 3 aromatic rings. The minimum atomic E-state index is -1.19. The zero-order valence-corrected chi connectivity index (χ0v) is 15.9. The van der Waals surface area contributed by atoms with Gasteiger partial charge in [0.05, 0.1) is 6.54 Å². The molecule has 4 heteroatoms. The van der Waals surface area contributed by atoms with Crippen LogP contribution in [0.3, 0.4) is 0 Å². The van der Waals surface area contributed by atoms with E-state index in [1.165, 1.54) is 6.07 Å². The number of nitrogens with one attached hydrogen (secondary N) is 1. The molecule has 3 rings (SSSR count). The van der Waals surface area contributed by atoms with Gasteiger partial charge in [-0.15, -0.1) is 0 Å². The Morgan fingerprint density at radius 1 is 0.929 bits per heavy atom. The summed E-state index contributed by atoms with van der Waals surface area (Å²) in [6.45, 7) is 1.76. The molecule has 144 valence electrons. The number of benzene rings is 3. The molecule has 0 unspecified atom stereocenters. The monoisotopic (exact) mass is 377 g/mol. The van der Waals surface area contributed by atoms with Gasteiger partial charge < -0.3 is 10.4 Å². The Labute approximate surface area is 164 Å². The first kappa shape index (κ1) is 19.8. The lowest BCUT2D eigenvalue weighted by molar-refractivity contribution is -0.122. The fraction of sp³-hybridized carbons (Fsp3) is 0.208. The zero-order chi connectivity index (χ0) is 20.0. The van der Waals surface area contributed by atoms with Gasteiger partial charge in [-0.3, -0.25) is 4.79 Å². The molecule has 2 N–H and O–H groups in total. The maximum absolute atomic E-state index is 13.6. The third-order valence-corrected chi connectivity index (χ3v) is 4.82. The van der Waals surface area contributed by atoms with Gasteiger partial charge in [0, 0.05) is 6.42 Å². The Hall–Kier alpha value is -2.98. The average molecular weight is 377 g/mol. The molecule has 1 amide bonds. The molecule has 0 aliphatic carbocycles. The van der Waals surface area contributed by atoms with Gasteiger partial charge >= 0.3 is 0 Å². The second kappa shape index (κ2) is 8.81. The number of amides is 1. The quantitative estimate of drug-likeness (QED) is 0.639. The van der Waals surface area contributed by atoms with Gasteiger partial charge in [0.2, 0.25) is 5.91 Å². The molecule has 3 nitrogen and oxygen atoms in total. The Balaban J connectivity index is 1.56. The third-order valence-electron chi connectivity index (χ3n) is 4.82. The molecule has 0 radical (unpaired) electrons. The Kier molecular flexibility index (Phi) is 6.22. The van der Waals surface area contributed by atoms with E-state index in [1.54, 1.807) is 25.1 Å². The highest BCUT2D eigenvalue weighted by Gasteiger charge is 2.23. The third kappa shape index (κ3) is 5.05. The molecule has 28 heavy (non-hydrogen) atoms. The first-order valence-electron chi connectivity index (χ1n) is 9.34. The maximum atomic E-state index is 13.6. The molecule has 3 aromatic carbocycles. The van der Waals surface area contributed by atoms with Crippen molar-refractivity contribution in [3.8, 4) is 11.1 Å². The molecule has 0 saturated carbocycles. The number of carbonyl (C=O) groups excluding carboxylic acids is 1. The molecule has 0 saturated heterocycles. The van der Waals surface area contributed by atoms with Crippen LogP contribution in [0, 0.1) is 5.82 Å². The Bertz CT molecular complexity index is 921. The van der Waals surface area contributed by atoms with Crippen molar-refractivity contribution in [1.29, 1.82) is 0 Å². The SMILES string of the molecule is C[C@](O)(CNC(=O)CCc1ccccc1F)c1ccc(-c2ccccc2)cc1. The summed E-state index contributed by atoms with van der Waals surface area (Å²) in [6.07, 6.45) is 0.496. The Morgan fingerprint density at radius 3 is 2.21 bits per heavy atom. The molecule has 0 spiro atoms. The summed E-state index contributed by atoms with van der Waals surface area (Å²) in [6, 6.07) is 24.1. The fourth-order valence-corrected chi connectivity index (χ4v) is 3.06. The smallest absolute Gasteiger partial charge is 0.220 e. The summed E-state index contributed by atoms with van der Waals surface area (Å²) in [5.41, 5.74) is 2.22. The second-order valence-corrected chi connectivity index (χ2v) is 7.09. The predicted octanol–water partition coefficient (Wildman–Crippen LogP) is 4.45. The molecule has 0 aliphatic heterocycles. The first-order chi connectivity index (χ1) is 13.5. The first-order valence-corrected chi connectivity index (χ1v) is 9.34. The number of aliphatic hydroxyl groups is 1. The fourth-order valence-electron chi connectivity index (χ4n) is 3.06. The highest BCUT2D eigenvalue weighted by atomic mass is 19.1. The van der Waals surface area contributed by atoms with E-state index >= 15 is 0 Å². The molecular formula is C24H24FNO2. The van der Waals surface area contributed by atoms with Crippen molar-refractivity contribution in [3.05, 3.63) is 95.8 Å². The van der Waals surface area contributed by atoms with E-state index in [0.29, 0.717) is 12.0 Å². The van der Waals surface area contributed by atoms with E-state index in [9.17, 15) is 14.3 Å². The van der Waals surface area contributed by atoms with E-state index in [2.05, 4.69) is 5.32 Å². The number of carbonyl (C=O) groups is 1.